The normalized spacial score (nSPS) is 17.7. The summed E-state index contributed by atoms with van der Waals surface area (Å²) < 4.78 is 5.92. The van der Waals surface area contributed by atoms with Gasteiger partial charge in [0.1, 0.15) is 11.5 Å². The predicted molar refractivity (Wildman–Crippen MR) is 72.9 cm³/mol. The van der Waals surface area contributed by atoms with Gasteiger partial charge in [0.25, 0.3) is 0 Å². The Balaban J connectivity index is 1.90. The van der Waals surface area contributed by atoms with Gasteiger partial charge in [0.15, 0.2) is 0 Å². The first-order valence-corrected chi connectivity index (χ1v) is 6.91. The third-order valence-electron chi connectivity index (χ3n) is 3.76. The highest BCUT2D eigenvalue weighted by Gasteiger charge is 2.16. The molecule has 0 aromatic heterocycles. The smallest absolute Gasteiger partial charge is 0.132 e. The number of hydrogen-bond donors (Lipinski definition) is 0. The van der Waals surface area contributed by atoms with Gasteiger partial charge in [-0.15, -0.1) is 0 Å². The molecule has 2 rings (SSSR count). The molecule has 0 heterocycles. The second kappa shape index (κ2) is 6.03. The monoisotopic (exact) mass is 246 g/mol. The Bertz CT molecular complexity index is 388. The van der Waals surface area contributed by atoms with Gasteiger partial charge in [-0.3, -0.25) is 4.79 Å². The highest BCUT2D eigenvalue weighted by Crippen LogP contribution is 2.24. The summed E-state index contributed by atoms with van der Waals surface area (Å²) in [5.74, 6) is 1.31. The van der Waals surface area contributed by atoms with E-state index in [-0.39, 0.29) is 11.7 Å². The summed E-state index contributed by atoms with van der Waals surface area (Å²) in [5.41, 5.74) is 1.21. The first-order valence-electron chi connectivity index (χ1n) is 6.91. The maximum Gasteiger partial charge on any atom is 0.132 e. The first kappa shape index (κ1) is 13.1. The lowest BCUT2D eigenvalue weighted by atomic mass is 9.98. The lowest BCUT2D eigenvalue weighted by Gasteiger charge is -2.13. The minimum Gasteiger partial charge on any atom is -0.490 e. The van der Waals surface area contributed by atoms with Gasteiger partial charge in [-0.1, -0.05) is 19.1 Å². The van der Waals surface area contributed by atoms with E-state index in [9.17, 15) is 4.79 Å². The molecular weight excluding hydrogens is 224 g/mol. The molecule has 1 unspecified atom stereocenters. The Morgan fingerprint density at radius 3 is 2.44 bits per heavy atom. The Morgan fingerprint density at radius 1 is 1.28 bits per heavy atom. The summed E-state index contributed by atoms with van der Waals surface area (Å²) in [6.07, 6.45) is 6.18. The molecule has 1 saturated carbocycles. The third-order valence-corrected chi connectivity index (χ3v) is 3.76. The Morgan fingerprint density at radius 2 is 1.89 bits per heavy atom. The van der Waals surface area contributed by atoms with E-state index < -0.39 is 0 Å². The maximum absolute atomic E-state index is 11.2. The van der Waals surface area contributed by atoms with Crippen LogP contribution in [0.5, 0.6) is 5.75 Å². The summed E-state index contributed by atoms with van der Waals surface area (Å²) in [7, 11) is 0. The molecule has 0 N–H and O–H groups in total. The van der Waals surface area contributed by atoms with Crippen LogP contribution in [0.4, 0.5) is 0 Å². The first-order chi connectivity index (χ1) is 8.65. The maximum atomic E-state index is 11.2. The molecule has 98 valence electrons. The van der Waals surface area contributed by atoms with E-state index in [4.69, 9.17) is 4.74 Å². The Labute approximate surface area is 109 Å². The van der Waals surface area contributed by atoms with Crippen LogP contribution in [0.25, 0.3) is 0 Å². The number of carbonyl (C=O) groups is 1. The molecule has 2 heteroatoms. The average molecular weight is 246 g/mol. The van der Waals surface area contributed by atoms with Crippen molar-refractivity contribution in [2.24, 2.45) is 5.92 Å². The standard InChI is InChI=1S/C16H22O2/c1-12(13(2)17)11-14-7-9-16(10-8-14)18-15-5-3-4-6-15/h7-10,12,15H,3-6,11H2,1-2H3. The van der Waals surface area contributed by atoms with Gasteiger partial charge in [-0.05, 0) is 56.7 Å². The summed E-state index contributed by atoms with van der Waals surface area (Å²) in [5, 5.41) is 0. The van der Waals surface area contributed by atoms with Crippen LogP contribution < -0.4 is 4.74 Å². The van der Waals surface area contributed by atoms with Crippen molar-refractivity contribution in [2.75, 3.05) is 0 Å². The van der Waals surface area contributed by atoms with E-state index in [1.165, 1.54) is 31.2 Å². The van der Waals surface area contributed by atoms with Gasteiger partial charge in [0, 0.05) is 5.92 Å². The van der Waals surface area contributed by atoms with Crippen molar-refractivity contribution in [1.29, 1.82) is 0 Å². The van der Waals surface area contributed by atoms with Crippen LogP contribution in [0.2, 0.25) is 0 Å². The van der Waals surface area contributed by atoms with Crippen LogP contribution in [-0.2, 0) is 11.2 Å². The van der Waals surface area contributed by atoms with Crippen molar-refractivity contribution in [2.45, 2.75) is 52.1 Å². The fourth-order valence-electron chi connectivity index (χ4n) is 2.40. The van der Waals surface area contributed by atoms with Crippen LogP contribution >= 0.6 is 0 Å². The number of benzene rings is 1. The van der Waals surface area contributed by atoms with Gasteiger partial charge in [-0.25, -0.2) is 0 Å². The molecule has 18 heavy (non-hydrogen) atoms. The lowest BCUT2D eigenvalue weighted by molar-refractivity contribution is -0.120. The van der Waals surface area contributed by atoms with Crippen LogP contribution in [0.1, 0.15) is 45.1 Å². The van der Waals surface area contributed by atoms with Crippen molar-refractivity contribution < 1.29 is 9.53 Å². The summed E-state index contributed by atoms with van der Waals surface area (Å²) in [6, 6.07) is 8.20. The van der Waals surface area contributed by atoms with Crippen molar-refractivity contribution >= 4 is 5.78 Å². The fourth-order valence-corrected chi connectivity index (χ4v) is 2.40. The summed E-state index contributed by atoms with van der Waals surface area (Å²) in [6.45, 7) is 3.63. The largest absolute Gasteiger partial charge is 0.490 e. The SMILES string of the molecule is CC(=O)C(C)Cc1ccc(OC2CCCC2)cc1. The molecule has 0 amide bonds. The van der Waals surface area contributed by atoms with E-state index >= 15 is 0 Å². The van der Waals surface area contributed by atoms with Crippen molar-refractivity contribution in [3.8, 4) is 5.75 Å². The molecule has 0 radical (unpaired) electrons. The molecule has 0 bridgehead atoms. The molecule has 0 spiro atoms. The van der Waals surface area contributed by atoms with E-state index in [0.29, 0.717) is 6.10 Å². The van der Waals surface area contributed by atoms with Gasteiger partial charge in [0.05, 0.1) is 6.10 Å². The van der Waals surface area contributed by atoms with Crippen LogP contribution in [0, 0.1) is 5.92 Å². The quantitative estimate of drug-likeness (QED) is 0.790. The molecule has 1 aromatic carbocycles. The van der Waals surface area contributed by atoms with Gasteiger partial charge in [0.2, 0.25) is 0 Å². The molecule has 1 atom stereocenters. The minimum absolute atomic E-state index is 0.103. The average Bonchev–Trinajstić information content (AvgIpc) is 2.84. The molecule has 1 aliphatic rings. The minimum atomic E-state index is 0.103. The predicted octanol–water partition coefficient (Wildman–Crippen LogP) is 3.78. The van der Waals surface area contributed by atoms with E-state index in [1.54, 1.807) is 6.92 Å². The Kier molecular flexibility index (Phi) is 4.40. The molecule has 2 nitrogen and oxygen atoms in total. The topological polar surface area (TPSA) is 26.3 Å². The number of hydrogen-bond acceptors (Lipinski definition) is 2. The molecule has 1 aliphatic carbocycles. The highest BCUT2D eigenvalue weighted by atomic mass is 16.5. The van der Waals surface area contributed by atoms with Crippen molar-refractivity contribution in [3.63, 3.8) is 0 Å². The van der Waals surface area contributed by atoms with Crippen LogP contribution in [-0.4, -0.2) is 11.9 Å². The van der Waals surface area contributed by atoms with E-state index in [2.05, 4.69) is 12.1 Å². The van der Waals surface area contributed by atoms with E-state index in [0.717, 1.165) is 12.2 Å². The van der Waals surface area contributed by atoms with Gasteiger partial charge in [-0.2, -0.15) is 0 Å². The molecule has 1 aromatic rings. The molecule has 0 saturated heterocycles. The molecule has 1 fully saturated rings. The Hall–Kier alpha value is -1.31. The summed E-state index contributed by atoms with van der Waals surface area (Å²) in [4.78, 5) is 11.2. The highest BCUT2D eigenvalue weighted by molar-refractivity contribution is 5.78. The van der Waals surface area contributed by atoms with Crippen molar-refractivity contribution in [3.05, 3.63) is 29.8 Å². The third kappa shape index (κ3) is 3.59. The summed E-state index contributed by atoms with van der Waals surface area (Å²) >= 11 is 0. The van der Waals surface area contributed by atoms with Gasteiger partial charge >= 0.3 is 0 Å². The molecule has 0 aliphatic heterocycles. The van der Waals surface area contributed by atoms with Gasteiger partial charge < -0.3 is 4.74 Å². The van der Waals surface area contributed by atoms with E-state index in [1.807, 2.05) is 19.1 Å². The van der Waals surface area contributed by atoms with Crippen LogP contribution in [0.15, 0.2) is 24.3 Å². The van der Waals surface area contributed by atoms with Crippen molar-refractivity contribution in [1.82, 2.24) is 0 Å². The fraction of sp³-hybridized carbons (Fsp3) is 0.562. The number of ketones is 1. The zero-order chi connectivity index (χ0) is 13.0. The second-order valence-electron chi connectivity index (χ2n) is 5.38. The number of carbonyl (C=O) groups excluding carboxylic acids is 1. The number of rotatable bonds is 5. The molecular formula is C16H22O2. The number of Topliss-reactive ketones (excluding diaryl/α,β-unsaturated/α-hetero) is 1. The lowest BCUT2D eigenvalue weighted by Crippen LogP contribution is -2.11. The number of ether oxygens (including phenoxy) is 1. The second-order valence-corrected chi connectivity index (χ2v) is 5.38. The zero-order valence-corrected chi connectivity index (χ0v) is 11.3. The van der Waals surface area contributed by atoms with Crippen LogP contribution in [0.3, 0.4) is 0 Å². The zero-order valence-electron chi connectivity index (χ0n) is 11.3.